The first kappa shape index (κ1) is 17.3. The number of ether oxygens (including phenoxy) is 1. The number of nitrogens with one attached hydrogen (secondary N) is 1. The quantitative estimate of drug-likeness (QED) is 0.916. The van der Waals surface area contributed by atoms with E-state index in [1.165, 1.54) is 7.11 Å². The van der Waals surface area contributed by atoms with Crippen molar-refractivity contribution in [3.63, 3.8) is 0 Å². The molecular weight excluding hydrogens is 310 g/mol. The summed E-state index contributed by atoms with van der Waals surface area (Å²) in [5, 5.41) is 0. The van der Waals surface area contributed by atoms with Gasteiger partial charge in [-0.3, -0.25) is 4.72 Å². The van der Waals surface area contributed by atoms with Crippen LogP contribution in [-0.2, 0) is 15.4 Å². The monoisotopic (exact) mass is 333 g/mol. The molecule has 0 aliphatic heterocycles. The van der Waals surface area contributed by atoms with Gasteiger partial charge < -0.3 is 4.74 Å². The van der Waals surface area contributed by atoms with Crippen molar-refractivity contribution in [3.8, 4) is 5.75 Å². The molecule has 0 atom stereocenters. The minimum absolute atomic E-state index is 0.0870. The highest BCUT2D eigenvalue weighted by Gasteiger charge is 2.20. The molecule has 0 spiro atoms. The number of rotatable bonds is 4. The van der Waals surface area contributed by atoms with E-state index in [0.717, 1.165) is 11.1 Å². The number of benzene rings is 2. The van der Waals surface area contributed by atoms with Crippen LogP contribution < -0.4 is 9.46 Å². The molecule has 0 bridgehead atoms. The molecular formula is C18H23NO3S. The summed E-state index contributed by atoms with van der Waals surface area (Å²) < 4.78 is 33.1. The molecule has 23 heavy (non-hydrogen) atoms. The Morgan fingerprint density at radius 3 is 2.13 bits per heavy atom. The summed E-state index contributed by atoms with van der Waals surface area (Å²) in [7, 11) is -2.13. The predicted octanol–water partition coefficient (Wildman–Crippen LogP) is 4.10. The first-order valence-corrected chi connectivity index (χ1v) is 8.90. The van der Waals surface area contributed by atoms with Crippen LogP contribution in [0.5, 0.6) is 5.75 Å². The molecule has 0 radical (unpaired) electrons. The van der Waals surface area contributed by atoms with E-state index in [9.17, 15) is 8.42 Å². The lowest BCUT2D eigenvalue weighted by molar-refractivity contribution is 0.416. The summed E-state index contributed by atoms with van der Waals surface area (Å²) >= 11 is 0. The van der Waals surface area contributed by atoms with Gasteiger partial charge >= 0.3 is 0 Å². The first-order valence-electron chi connectivity index (χ1n) is 7.41. The average molecular weight is 333 g/mol. The van der Waals surface area contributed by atoms with Crippen molar-refractivity contribution in [1.82, 2.24) is 0 Å². The molecule has 0 saturated carbocycles. The van der Waals surface area contributed by atoms with Crippen molar-refractivity contribution in [2.24, 2.45) is 0 Å². The topological polar surface area (TPSA) is 55.4 Å². The van der Waals surface area contributed by atoms with Crippen LogP contribution in [0.15, 0.2) is 47.4 Å². The maximum absolute atomic E-state index is 12.6. The molecule has 0 fully saturated rings. The molecule has 4 nitrogen and oxygen atoms in total. The molecule has 124 valence electrons. The third-order valence-electron chi connectivity index (χ3n) is 3.64. The smallest absolute Gasteiger partial charge is 0.262 e. The largest absolute Gasteiger partial charge is 0.495 e. The molecule has 5 heteroatoms. The Morgan fingerprint density at radius 2 is 1.61 bits per heavy atom. The van der Waals surface area contributed by atoms with E-state index in [1.54, 1.807) is 30.3 Å². The molecule has 0 unspecified atom stereocenters. The van der Waals surface area contributed by atoms with E-state index in [-0.39, 0.29) is 10.3 Å². The summed E-state index contributed by atoms with van der Waals surface area (Å²) in [5.41, 5.74) is 2.40. The fraction of sp³-hybridized carbons (Fsp3) is 0.333. The molecule has 0 aliphatic carbocycles. The highest BCUT2D eigenvalue weighted by atomic mass is 32.2. The van der Waals surface area contributed by atoms with Crippen molar-refractivity contribution < 1.29 is 13.2 Å². The van der Waals surface area contributed by atoms with Gasteiger partial charge in [-0.2, -0.15) is 0 Å². The molecule has 2 aromatic carbocycles. The Balaban J connectivity index is 2.43. The average Bonchev–Trinajstić information content (AvgIpc) is 2.46. The van der Waals surface area contributed by atoms with Crippen molar-refractivity contribution >= 4 is 15.7 Å². The maximum atomic E-state index is 12.6. The van der Waals surface area contributed by atoms with Crippen LogP contribution in [-0.4, -0.2) is 15.5 Å². The van der Waals surface area contributed by atoms with Crippen LogP contribution in [0.2, 0.25) is 0 Å². The lowest BCUT2D eigenvalue weighted by Gasteiger charge is -2.21. The number of aryl methyl sites for hydroxylation is 1. The number of anilines is 1. The predicted molar refractivity (Wildman–Crippen MR) is 93.7 cm³/mol. The van der Waals surface area contributed by atoms with E-state index in [0.29, 0.717) is 11.4 Å². The minimum Gasteiger partial charge on any atom is -0.495 e. The second-order valence-electron chi connectivity index (χ2n) is 6.58. The molecule has 2 rings (SSSR count). The molecule has 1 N–H and O–H groups in total. The zero-order valence-electron chi connectivity index (χ0n) is 14.2. The zero-order chi connectivity index (χ0) is 17.3. The number of hydrogen-bond donors (Lipinski definition) is 1. The molecule has 0 aliphatic rings. The Morgan fingerprint density at radius 1 is 1.00 bits per heavy atom. The van der Waals surface area contributed by atoms with E-state index in [2.05, 4.69) is 25.5 Å². The van der Waals surface area contributed by atoms with Crippen molar-refractivity contribution in [2.45, 2.75) is 38.0 Å². The summed E-state index contributed by atoms with van der Waals surface area (Å²) in [6.45, 7) is 8.15. The molecule has 0 saturated heterocycles. The highest BCUT2D eigenvalue weighted by Crippen LogP contribution is 2.32. The fourth-order valence-electron chi connectivity index (χ4n) is 2.18. The second kappa shape index (κ2) is 6.24. The van der Waals surface area contributed by atoms with E-state index < -0.39 is 10.0 Å². The third kappa shape index (κ3) is 4.05. The maximum Gasteiger partial charge on any atom is 0.262 e. The lowest BCUT2D eigenvalue weighted by Crippen LogP contribution is -2.16. The number of sulfonamides is 1. The molecule has 0 amide bonds. The van der Waals surface area contributed by atoms with E-state index in [4.69, 9.17) is 4.74 Å². The SMILES string of the molecule is COc1ccc(C(C)(C)C)cc1NS(=O)(=O)c1ccc(C)cc1. The van der Waals surface area contributed by atoms with Gasteiger partial charge in [0.2, 0.25) is 0 Å². The third-order valence-corrected chi connectivity index (χ3v) is 5.02. The molecule has 2 aromatic rings. The minimum atomic E-state index is -3.65. The van der Waals surface area contributed by atoms with Crippen LogP contribution in [0.4, 0.5) is 5.69 Å². The second-order valence-corrected chi connectivity index (χ2v) is 8.27. The van der Waals surface area contributed by atoms with Gasteiger partial charge in [0.1, 0.15) is 5.75 Å². The molecule has 0 heterocycles. The fourth-order valence-corrected chi connectivity index (χ4v) is 3.24. The van der Waals surface area contributed by atoms with Crippen LogP contribution >= 0.6 is 0 Å². The Bertz CT molecular complexity index is 788. The summed E-state index contributed by atoms with van der Waals surface area (Å²) in [5.74, 6) is 0.494. The van der Waals surface area contributed by atoms with Gasteiger partial charge in [-0.15, -0.1) is 0 Å². The zero-order valence-corrected chi connectivity index (χ0v) is 15.0. The summed E-state index contributed by atoms with van der Waals surface area (Å²) in [6.07, 6.45) is 0. The number of methoxy groups -OCH3 is 1. The first-order chi connectivity index (χ1) is 10.6. The van der Waals surface area contributed by atoms with Crippen molar-refractivity contribution in [1.29, 1.82) is 0 Å². The summed E-state index contributed by atoms with van der Waals surface area (Å²) in [4.78, 5) is 0.228. The van der Waals surface area contributed by atoms with Gasteiger partial charge in [0.25, 0.3) is 10.0 Å². The Labute approximate surface area is 138 Å². The van der Waals surface area contributed by atoms with Gasteiger partial charge in [-0.05, 0) is 42.2 Å². The summed E-state index contributed by atoms with van der Waals surface area (Å²) in [6, 6.07) is 12.3. The normalized spacial score (nSPS) is 12.0. The van der Waals surface area contributed by atoms with Crippen LogP contribution in [0.1, 0.15) is 31.9 Å². The van der Waals surface area contributed by atoms with Crippen molar-refractivity contribution in [2.75, 3.05) is 11.8 Å². The van der Waals surface area contributed by atoms with Gasteiger partial charge in [0.15, 0.2) is 0 Å². The van der Waals surface area contributed by atoms with E-state index in [1.807, 2.05) is 19.1 Å². The van der Waals surface area contributed by atoms with E-state index >= 15 is 0 Å². The van der Waals surface area contributed by atoms with Crippen molar-refractivity contribution in [3.05, 3.63) is 53.6 Å². The van der Waals surface area contributed by atoms with Gasteiger partial charge in [-0.25, -0.2) is 8.42 Å². The van der Waals surface area contributed by atoms with Crippen LogP contribution in [0.3, 0.4) is 0 Å². The Hall–Kier alpha value is -2.01. The van der Waals surface area contributed by atoms with Gasteiger partial charge in [0.05, 0.1) is 17.7 Å². The van der Waals surface area contributed by atoms with Gasteiger partial charge in [0, 0.05) is 0 Å². The Kier molecular flexibility index (Phi) is 4.71. The van der Waals surface area contributed by atoms with Crippen LogP contribution in [0.25, 0.3) is 0 Å². The number of hydrogen-bond acceptors (Lipinski definition) is 3. The lowest BCUT2D eigenvalue weighted by atomic mass is 9.87. The standard InChI is InChI=1S/C18H23NO3S/c1-13-6-9-15(10-7-13)23(20,21)19-16-12-14(18(2,3)4)8-11-17(16)22-5/h6-12,19H,1-5H3. The van der Waals surface area contributed by atoms with Gasteiger partial charge in [-0.1, -0.05) is 44.5 Å². The highest BCUT2D eigenvalue weighted by molar-refractivity contribution is 7.92. The van der Waals surface area contributed by atoms with Crippen LogP contribution in [0, 0.1) is 6.92 Å². The molecule has 0 aromatic heterocycles.